The van der Waals surface area contributed by atoms with E-state index in [1.54, 1.807) is 21.5 Å². The molecule has 0 amide bonds. The van der Waals surface area contributed by atoms with Crippen LogP contribution in [-0.2, 0) is 0 Å². The molecule has 1 aromatic carbocycles. The predicted molar refractivity (Wildman–Crippen MR) is 86.9 cm³/mol. The zero-order valence-corrected chi connectivity index (χ0v) is 12.6. The van der Waals surface area contributed by atoms with Gasteiger partial charge in [0.05, 0.1) is 17.8 Å². The van der Waals surface area contributed by atoms with E-state index in [9.17, 15) is 9.59 Å². The molecule has 0 spiro atoms. The van der Waals surface area contributed by atoms with E-state index in [1.165, 1.54) is 4.57 Å². The summed E-state index contributed by atoms with van der Waals surface area (Å²) in [6.45, 7) is 0. The second-order valence-electron chi connectivity index (χ2n) is 6.58. The minimum atomic E-state index is -0.235. The van der Waals surface area contributed by atoms with Gasteiger partial charge in [-0.1, -0.05) is 42.5 Å². The molecule has 0 N–H and O–H groups in total. The third kappa shape index (κ3) is 1.57. The Labute approximate surface area is 132 Å². The highest BCUT2D eigenvalue weighted by Gasteiger charge is 2.48. The van der Waals surface area contributed by atoms with Crippen molar-refractivity contribution in [1.82, 2.24) is 13.9 Å². The second kappa shape index (κ2) is 4.47. The molecule has 5 nitrogen and oxygen atoms in total. The lowest BCUT2D eigenvalue weighted by Gasteiger charge is -2.49. The number of para-hydroxylation sites is 1. The fourth-order valence-electron chi connectivity index (χ4n) is 4.38. The lowest BCUT2D eigenvalue weighted by molar-refractivity contribution is 0.0274. The molecule has 4 atom stereocenters. The minimum Gasteiger partial charge on any atom is -0.245 e. The lowest BCUT2D eigenvalue weighted by atomic mass is 9.64. The maximum Gasteiger partial charge on any atom is 0.352 e. The van der Waals surface area contributed by atoms with E-state index in [0.717, 1.165) is 12.8 Å². The van der Waals surface area contributed by atoms with Gasteiger partial charge >= 0.3 is 11.4 Å². The van der Waals surface area contributed by atoms with Gasteiger partial charge in [-0.25, -0.2) is 23.5 Å². The Morgan fingerprint density at radius 1 is 0.783 bits per heavy atom. The maximum atomic E-state index is 13.0. The van der Waals surface area contributed by atoms with E-state index < -0.39 is 0 Å². The van der Waals surface area contributed by atoms with Gasteiger partial charge in [0.2, 0.25) is 0 Å². The highest BCUT2D eigenvalue weighted by Crippen LogP contribution is 2.51. The molecule has 5 rings (SSSR count). The molecule has 2 aromatic rings. The van der Waals surface area contributed by atoms with Crippen molar-refractivity contribution in [3.63, 3.8) is 0 Å². The van der Waals surface area contributed by atoms with Gasteiger partial charge < -0.3 is 0 Å². The van der Waals surface area contributed by atoms with Crippen LogP contribution in [0.5, 0.6) is 0 Å². The Balaban J connectivity index is 1.84. The first kappa shape index (κ1) is 12.9. The van der Waals surface area contributed by atoms with Gasteiger partial charge in [0, 0.05) is 0 Å². The lowest BCUT2D eigenvalue weighted by Crippen LogP contribution is -2.50. The van der Waals surface area contributed by atoms with E-state index in [4.69, 9.17) is 0 Å². The second-order valence-corrected chi connectivity index (χ2v) is 6.58. The zero-order chi connectivity index (χ0) is 15.6. The summed E-state index contributed by atoms with van der Waals surface area (Å²) in [7, 11) is 0. The number of hydrogen-bond donors (Lipinski definition) is 0. The van der Waals surface area contributed by atoms with Crippen LogP contribution < -0.4 is 11.4 Å². The van der Waals surface area contributed by atoms with Crippen LogP contribution in [0.15, 0.2) is 64.2 Å². The topological polar surface area (TPSA) is 48.9 Å². The summed E-state index contributed by atoms with van der Waals surface area (Å²) in [4.78, 5) is 26.0. The fourth-order valence-corrected chi connectivity index (χ4v) is 4.38. The SMILES string of the molecule is O=c1n(-c2ccccc2)c(=O)n2n1[C@@H]1C=CC=C[C@@H]2[C@H]2CC[C@@H]21. The summed E-state index contributed by atoms with van der Waals surface area (Å²) in [6, 6.07) is 9.16. The van der Waals surface area contributed by atoms with Gasteiger partial charge in [0.25, 0.3) is 0 Å². The van der Waals surface area contributed by atoms with Gasteiger partial charge in [0.15, 0.2) is 0 Å². The van der Waals surface area contributed by atoms with Crippen molar-refractivity contribution >= 4 is 0 Å². The van der Waals surface area contributed by atoms with Crippen molar-refractivity contribution in [3.8, 4) is 5.69 Å². The molecule has 2 bridgehead atoms. The van der Waals surface area contributed by atoms with Crippen LogP contribution in [0, 0.1) is 11.8 Å². The number of rotatable bonds is 1. The number of benzene rings is 1. The Morgan fingerprint density at radius 2 is 1.30 bits per heavy atom. The van der Waals surface area contributed by atoms with Gasteiger partial charge in [0.1, 0.15) is 0 Å². The van der Waals surface area contributed by atoms with E-state index in [2.05, 4.69) is 12.2 Å². The van der Waals surface area contributed by atoms with Crippen molar-refractivity contribution in [3.05, 3.63) is 75.6 Å². The first-order chi connectivity index (χ1) is 11.3. The van der Waals surface area contributed by atoms with E-state index in [1.807, 2.05) is 30.4 Å². The molecule has 1 saturated carbocycles. The normalized spacial score (nSPS) is 30.3. The molecular formula is C18H17N3O2. The molecule has 116 valence electrons. The van der Waals surface area contributed by atoms with Gasteiger partial charge in [-0.2, -0.15) is 0 Å². The molecule has 0 unspecified atom stereocenters. The molecular weight excluding hydrogens is 290 g/mol. The number of hydrogen-bond acceptors (Lipinski definition) is 2. The quantitative estimate of drug-likeness (QED) is 0.809. The summed E-state index contributed by atoms with van der Waals surface area (Å²) < 4.78 is 4.67. The Bertz CT molecular complexity index is 887. The summed E-state index contributed by atoms with van der Waals surface area (Å²) >= 11 is 0. The monoisotopic (exact) mass is 307 g/mol. The summed E-state index contributed by atoms with van der Waals surface area (Å²) in [5.41, 5.74) is 0.164. The van der Waals surface area contributed by atoms with Crippen LogP contribution in [-0.4, -0.2) is 13.9 Å². The molecule has 0 saturated heterocycles. The Hall–Kier alpha value is -2.56. The summed E-state index contributed by atoms with van der Waals surface area (Å²) in [5.74, 6) is 0.926. The molecule has 1 fully saturated rings. The van der Waals surface area contributed by atoms with Crippen LogP contribution in [0.4, 0.5) is 0 Å². The van der Waals surface area contributed by atoms with Gasteiger partial charge in [-0.15, -0.1) is 0 Å². The highest BCUT2D eigenvalue weighted by molar-refractivity contribution is 5.31. The van der Waals surface area contributed by atoms with Crippen LogP contribution >= 0.6 is 0 Å². The number of aromatic nitrogens is 3. The smallest absolute Gasteiger partial charge is 0.245 e. The van der Waals surface area contributed by atoms with Crippen molar-refractivity contribution in [1.29, 1.82) is 0 Å². The van der Waals surface area contributed by atoms with E-state index in [-0.39, 0.29) is 23.5 Å². The highest BCUT2D eigenvalue weighted by atomic mass is 16.2. The first-order valence-corrected chi connectivity index (χ1v) is 8.14. The molecule has 2 aliphatic heterocycles. The average Bonchev–Trinajstić information content (AvgIpc) is 2.76. The maximum absolute atomic E-state index is 13.0. The molecule has 1 aliphatic carbocycles. The average molecular weight is 307 g/mol. The van der Waals surface area contributed by atoms with E-state index >= 15 is 0 Å². The largest absolute Gasteiger partial charge is 0.352 e. The molecule has 3 heterocycles. The summed E-state index contributed by atoms with van der Waals surface area (Å²) in [6.07, 6.45) is 10.4. The molecule has 5 heteroatoms. The van der Waals surface area contributed by atoms with Crippen molar-refractivity contribution in [2.75, 3.05) is 0 Å². The third-order valence-electron chi connectivity index (χ3n) is 5.57. The fraction of sp³-hybridized carbons (Fsp3) is 0.333. The van der Waals surface area contributed by atoms with Gasteiger partial charge in [-0.3, -0.25) is 0 Å². The van der Waals surface area contributed by atoms with Gasteiger partial charge in [-0.05, 0) is 36.8 Å². The zero-order valence-electron chi connectivity index (χ0n) is 12.6. The molecule has 23 heavy (non-hydrogen) atoms. The van der Waals surface area contributed by atoms with Crippen LogP contribution in [0.1, 0.15) is 24.9 Å². The molecule has 1 aromatic heterocycles. The van der Waals surface area contributed by atoms with Crippen molar-refractivity contribution in [2.45, 2.75) is 24.9 Å². The minimum absolute atomic E-state index is 0.0138. The molecule has 0 radical (unpaired) electrons. The van der Waals surface area contributed by atoms with Crippen LogP contribution in [0.25, 0.3) is 5.69 Å². The van der Waals surface area contributed by atoms with Crippen LogP contribution in [0.2, 0.25) is 0 Å². The Kier molecular flexibility index (Phi) is 2.52. The van der Waals surface area contributed by atoms with Crippen molar-refractivity contribution in [2.24, 2.45) is 11.8 Å². The Morgan fingerprint density at radius 3 is 1.78 bits per heavy atom. The summed E-state index contributed by atoms with van der Waals surface area (Å²) in [5, 5.41) is 0. The van der Waals surface area contributed by atoms with Crippen LogP contribution in [0.3, 0.4) is 0 Å². The first-order valence-electron chi connectivity index (χ1n) is 8.14. The van der Waals surface area contributed by atoms with E-state index in [0.29, 0.717) is 17.5 Å². The number of fused-ring (bicyclic) bond motifs is 3. The standard InChI is InChI=1S/C18H17N3O2/c22-17-19(12-6-2-1-3-7-12)18(23)21-16-9-5-4-8-15(20(17)21)13-10-11-14(13)16/h1-9,13-16H,10-11H2/t13-,14-,15+,16+/m0/s1. The predicted octanol–water partition coefficient (Wildman–Crippen LogP) is 2.05. The molecule has 3 aliphatic rings. The number of nitrogens with zero attached hydrogens (tertiary/aromatic N) is 3. The van der Waals surface area contributed by atoms with Crippen molar-refractivity contribution < 1.29 is 0 Å². The third-order valence-corrected chi connectivity index (χ3v) is 5.57. The number of allylic oxidation sites excluding steroid dienone is 4.